The average molecular weight is 208 g/mol. The zero-order valence-electron chi connectivity index (χ0n) is 8.68. The van der Waals surface area contributed by atoms with Crippen molar-refractivity contribution < 1.29 is 0 Å². The van der Waals surface area contributed by atoms with Gasteiger partial charge < -0.3 is 0 Å². The van der Waals surface area contributed by atoms with E-state index < -0.39 is 0 Å². The van der Waals surface area contributed by atoms with Crippen molar-refractivity contribution in [1.29, 1.82) is 10.5 Å². The highest BCUT2D eigenvalue weighted by atomic mass is 15.1. The predicted molar refractivity (Wildman–Crippen MR) is 57.7 cm³/mol. The summed E-state index contributed by atoms with van der Waals surface area (Å²) >= 11 is 0. The van der Waals surface area contributed by atoms with E-state index in [1.54, 1.807) is 23.0 Å². The quantitative estimate of drug-likeness (QED) is 0.719. The Hall–Kier alpha value is -2.59. The highest BCUT2D eigenvalue weighted by Crippen LogP contribution is 2.19. The van der Waals surface area contributed by atoms with Gasteiger partial charge in [0.25, 0.3) is 0 Å². The molecule has 0 saturated heterocycles. The summed E-state index contributed by atoms with van der Waals surface area (Å²) < 4.78 is 1.63. The lowest BCUT2D eigenvalue weighted by Gasteiger charge is -2.09. The van der Waals surface area contributed by atoms with Crippen LogP contribution in [-0.2, 0) is 0 Å². The zero-order chi connectivity index (χ0) is 11.5. The molecule has 1 heterocycles. The molecule has 4 nitrogen and oxygen atoms in total. The van der Waals surface area contributed by atoms with Gasteiger partial charge in [-0.15, -0.1) is 0 Å². The summed E-state index contributed by atoms with van der Waals surface area (Å²) in [5, 5.41) is 17.9. The van der Waals surface area contributed by atoms with Gasteiger partial charge in [-0.05, 0) is 18.6 Å². The van der Waals surface area contributed by atoms with E-state index in [2.05, 4.69) is 11.1 Å². The van der Waals surface area contributed by atoms with E-state index in [4.69, 9.17) is 10.5 Å². The van der Waals surface area contributed by atoms with Crippen molar-refractivity contribution in [2.45, 2.75) is 6.92 Å². The van der Waals surface area contributed by atoms with Crippen LogP contribution in [0.4, 0.5) is 0 Å². The van der Waals surface area contributed by atoms with Gasteiger partial charge in [0.1, 0.15) is 12.1 Å². The van der Waals surface area contributed by atoms with Crippen LogP contribution in [-0.4, -0.2) is 9.55 Å². The van der Waals surface area contributed by atoms with Gasteiger partial charge in [-0.25, -0.2) is 4.98 Å². The van der Waals surface area contributed by atoms with Crippen molar-refractivity contribution in [1.82, 2.24) is 9.55 Å². The van der Waals surface area contributed by atoms with E-state index in [1.165, 1.54) is 0 Å². The van der Waals surface area contributed by atoms with Crippen LogP contribution in [0.1, 0.15) is 17.0 Å². The second-order valence-corrected chi connectivity index (χ2v) is 3.32. The summed E-state index contributed by atoms with van der Waals surface area (Å²) in [4.78, 5) is 3.92. The van der Waals surface area contributed by atoms with Gasteiger partial charge in [0.15, 0.2) is 0 Å². The summed E-state index contributed by atoms with van der Waals surface area (Å²) in [7, 11) is 0. The topological polar surface area (TPSA) is 65.4 Å². The highest BCUT2D eigenvalue weighted by Gasteiger charge is 2.10. The molecule has 16 heavy (non-hydrogen) atoms. The molecule has 2 aromatic rings. The van der Waals surface area contributed by atoms with Gasteiger partial charge in [-0.3, -0.25) is 4.57 Å². The van der Waals surface area contributed by atoms with Crippen LogP contribution in [0.2, 0.25) is 0 Å². The second-order valence-electron chi connectivity index (χ2n) is 3.32. The summed E-state index contributed by atoms with van der Waals surface area (Å²) in [5.41, 5.74) is 2.20. The van der Waals surface area contributed by atoms with Crippen molar-refractivity contribution in [2.75, 3.05) is 0 Å². The van der Waals surface area contributed by atoms with Crippen LogP contribution >= 0.6 is 0 Å². The lowest BCUT2D eigenvalue weighted by Crippen LogP contribution is -2.02. The molecule has 0 aliphatic heterocycles. The van der Waals surface area contributed by atoms with E-state index in [0.717, 1.165) is 11.3 Å². The van der Waals surface area contributed by atoms with E-state index in [1.807, 2.05) is 25.1 Å². The van der Waals surface area contributed by atoms with Crippen LogP contribution in [0.3, 0.4) is 0 Å². The first-order chi connectivity index (χ1) is 7.77. The van der Waals surface area contributed by atoms with Crippen LogP contribution in [0.15, 0.2) is 30.6 Å². The minimum atomic E-state index is 0.283. The van der Waals surface area contributed by atoms with Gasteiger partial charge in [-0.1, -0.05) is 12.1 Å². The molecule has 0 fully saturated rings. The summed E-state index contributed by atoms with van der Waals surface area (Å²) in [5.74, 6) is 0.283. The number of hydrogen-bond acceptors (Lipinski definition) is 3. The van der Waals surface area contributed by atoms with Crippen LogP contribution in [0, 0.1) is 29.6 Å². The van der Waals surface area contributed by atoms with Crippen molar-refractivity contribution in [2.24, 2.45) is 0 Å². The largest absolute Gasteiger partial charge is 0.290 e. The summed E-state index contributed by atoms with van der Waals surface area (Å²) in [6.07, 6.45) is 3.23. The monoisotopic (exact) mass is 208 g/mol. The smallest absolute Gasteiger partial charge is 0.217 e. The van der Waals surface area contributed by atoms with Gasteiger partial charge in [0.05, 0.1) is 11.3 Å². The van der Waals surface area contributed by atoms with Crippen molar-refractivity contribution in [3.05, 3.63) is 47.5 Å². The van der Waals surface area contributed by atoms with E-state index >= 15 is 0 Å². The molecule has 2 rings (SSSR count). The van der Waals surface area contributed by atoms with E-state index in [0.29, 0.717) is 5.56 Å². The third-order valence-electron chi connectivity index (χ3n) is 2.34. The third-order valence-corrected chi connectivity index (χ3v) is 2.34. The number of para-hydroxylation sites is 1. The molecule has 0 radical (unpaired) electrons. The fourth-order valence-corrected chi connectivity index (χ4v) is 1.64. The Morgan fingerprint density at radius 2 is 2.06 bits per heavy atom. The van der Waals surface area contributed by atoms with Crippen LogP contribution in [0.25, 0.3) is 5.69 Å². The Labute approximate surface area is 93.0 Å². The minimum Gasteiger partial charge on any atom is -0.290 e. The van der Waals surface area contributed by atoms with Crippen molar-refractivity contribution >= 4 is 0 Å². The van der Waals surface area contributed by atoms with Gasteiger partial charge in [-0.2, -0.15) is 10.5 Å². The molecular weight excluding hydrogens is 200 g/mol. The molecule has 0 amide bonds. The van der Waals surface area contributed by atoms with Crippen LogP contribution in [0.5, 0.6) is 0 Å². The average Bonchev–Trinajstić information content (AvgIpc) is 2.76. The Kier molecular flexibility index (Phi) is 2.41. The van der Waals surface area contributed by atoms with Crippen molar-refractivity contribution in [3.63, 3.8) is 0 Å². The Morgan fingerprint density at radius 3 is 2.75 bits per heavy atom. The maximum absolute atomic E-state index is 9.04. The fourth-order valence-electron chi connectivity index (χ4n) is 1.64. The molecule has 0 aliphatic rings. The number of hydrogen-bond donors (Lipinski definition) is 0. The summed E-state index contributed by atoms with van der Waals surface area (Å²) in [6, 6.07) is 9.56. The number of nitriles is 2. The van der Waals surface area contributed by atoms with Gasteiger partial charge >= 0.3 is 0 Å². The van der Waals surface area contributed by atoms with E-state index in [9.17, 15) is 0 Å². The first-order valence-electron chi connectivity index (χ1n) is 4.71. The van der Waals surface area contributed by atoms with Gasteiger partial charge in [0, 0.05) is 12.4 Å². The Morgan fingerprint density at radius 1 is 1.25 bits per heavy atom. The fraction of sp³-hybridized carbons (Fsp3) is 0.0833. The SMILES string of the molecule is Cc1cccc(C#N)c1-n1ccnc1C#N. The maximum Gasteiger partial charge on any atom is 0.217 e. The maximum atomic E-state index is 9.04. The first-order valence-corrected chi connectivity index (χ1v) is 4.71. The zero-order valence-corrected chi connectivity index (χ0v) is 8.68. The predicted octanol–water partition coefficient (Wildman–Crippen LogP) is 1.92. The second kappa shape index (κ2) is 3.88. The number of imidazole rings is 1. The summed E-state index contributed by atoms with van der Waals surface area (Å²) in [6.45, 7) is 1.90. The molecule has 4 heteroatoms. The molecule has 0 aliphatic carbocycles. The molecule has 0 spiro atoms. The first kappa shape index (κ1) is 9.95. The number of rotatable bonds is 1. The molecule has 0 bridgehead atoms. The Bertz CT molecular complexity index is 611. The third kappa shape index (κ3) is 1.43. The molecule has 0 unspecified atom stereocenters. The molecule has 1 aromatic carbocycles. The molecule has 0 N–H and O–H groups in total. The standard InChI is InChI=1S/C12H8N4/c1-9-3-2-4-10(7-13)12(9)16-6-5-15-11(16)8-14/h2-6H,1H3. The number of nitrogens with zero attached hydrogens (tertiary/aromatic N) is 4. The Balaban J connectivity index is 2.75. The number of aryl methyl sites for hydroxylation is 1. The lowest BCUT2D eigenvalue weighted by atomic mass is 10.1. The molecule has 76 valence electrons. The molecule has 0 atom stereocenters. The molecule has 0 saturated carbocycles. The van der Waals surface area contributed by atoms with E-state index in [-0.39, 0.29) is 5.82 Å². The number of benzene rings is 1. The molecule has 1 aromatic heterocycles. The minimum absolute atomic E-state index is 0.283. The molecular formula is C12H8N4. The van der Waals surface area contributed by atoms with Gasteiger partial charge in [0.2, 0.25) is 5.82 Å². The van der Waals surface area contributed by atoms with Crippen LogP contribution < -0.4 is 0 Å². The normalized spacial score (nSPS) is 9.44. The lowest BCUT2D eigenvalue weighted by molar-refractivity contribution is 1.00. The van der Waals surface area contributed by atoms with Crippen molar-refractivity contribution in [3.8, 4) is 17.8 Å². The number of aromatic nitrogens is 2. The highest BCUT2D eigenvalue weighted by molar-refractivity contribution is 5.54.